The summed E-state index contributed by atoms with van der Waals surface area (Å²) >= 11 is 6.71. The van der Waals surface area contributed by atoms with E-state index in [2.05, 4.69) is 48.8 Å². The van der Waals surface area contributed by atoms with Gasteiger partial charge in [0, 0.05) is 21.2 Å². The van der Waals surface area contributed by atoms with E-state index in [-0.39, 0.29) is 4.90 Å². The first-order chi connectivity index (χ1) is 12.3. The lowest BCUT2D eigenvalue weighted by Crippen LogP contribution is -2.52. The third-order valence-corrected chi connectivity index (χ3v) is 7.41. The minimum Gasteiger partial charge on any atom is -0.383 e. The van der Waals surface area contributed by atoms with Gasteiger partial charge in [-0.1, -0.05) is 54.4 Å². The molecule has 0 saturated heterocycles. The third-order valence-electron chi connectivity index (χ3n) is 4.34. The van der Waals surface area contributed by atoms with Crippen molar-refractivity contribution in [1.82, 2.24) is 4.72 Å². The van der Waals surface area contributed by atoms with Gasteiger partial charge in [-0.25, -0.2) is 13.1 Å². The molecule has 26 heavy (non-hydrogen) atoms. The molecule has 7 heteroatoms. The Morgan fingerprint density at radius 1 is 1.04 bits per heavy atom. The number of rotatable bonds is 9. The summed E-state index contributed by atoms with van der Waals surface area (Å²) < 4.78 is 30.4. The summed E-state index contributed by atoms with van der Waals surface area (Å²) in [6, 6.07) is 15.0. The van der Waals surface area contributed by atoms with Gasteiger partial charge in [-0.05, 0) is 59.1 Å². The average molecular weight is 504 g/mol. The highest BCUT2D eigenvalue weighted by Crippen LogP contribution is 2.28. The molecule has 0 aliphatic rings. The number of sulfonamides is 1. The Labute approximate surface area is 173 Å². The largest absolute Gasteiger partial charge is 0.383 e. The molecular weight excluding hydrogens is 480 g/mol. The molecule has 0 spiro atoms. The fourth-order valence-electron chi connectivity index (χ4n) is 2.88. The Bertz CT molecular complexity index is 829. The molecule has 4 nitrogen and oxygen atoms in total. The number of anilines is 1. The van der Waals surface area contributed by atoms with Gasteiger partial charge in [-0.15, -0.1) is 0 Å². The van der Waals surface area contributed by atoms with Crippen LogP contribution in [0.1, 0.15) is 33.1 Å². The third kappa shape index (κ3) is 5.55. The number of nitrogens with one attached hydrogen (secondary N) is 2. The van der Waals surface area contributed by atoms with Crippen LogP contribution in [-0.4, -0.2) is 20.5 Å². The van der Waals surface area contributed by atoms with Crippen molar-refractivity contribution < 1.29 is 8.42 Å². The molecule has 0 aromatic heterocycles. The molecule has 0 amide bonds. The zero-order chi connectivity index (χ0) is 19.2. The molecule has 0 fully saturated rings. The first-order valence-electron chi connectivity index (χ1n) is 8.60. The van der Waals surface area contributed by atoms with Crippen molar-refractivity contribution in [3.05, 3.63) is 57.5 Å². The zero-order valence-electron chi connectivity index (χ0n) is 14.9. The van der Waals surface area contributed by atoms with Gasteiger partial charge in [0.15, 0.2) is 0 Å². The number of benzene rings is 2. The predicted molar refractivity (Wildman–Crippen MR) is 115 cm³/mol. The number of hydrogen-bond donors (Lipinski definition) is 2. The Morgan fingerprint density at radius 2 is 1.73 bits per heavy atom. The topological polar surface area (TPSA) is 58.2 Å². The van der Waals surface area contributed by atoms with Gasteiger partial charge in [0.25, 0.3) is 0 Å². The monoisotopic (exact) mass is 502 g/mol. The molecule has 0 radical (unpaired) electrons. The lowest BCUT2D eigenvalue weighted by molar-refractivity contribution is 0.355. The van der Waals surface area contributed by atoms with E-state index in [1.165, 1.54) is 0 Å². The molecule has 0 bridgehead atoms. The quantitative estimate of drug-likeness (QED) is 0.471. The number of para-hydroxylation sites is 1. The average Bonchev–Trinajstić information content (AvgIpc) is 2.62. The minimum absolute atomic E-state index is 0.237. The molecule has 0 aliphatic heterocycles. The van der Waals surface area contributed by atoms with Gasteiger partial charge < -0.3 is 5.32 Å². The molecule has 0 aliphatic carbocycles. The molecule has 0 saturated carbocycles. The summed E-state index contributed by atoms with van der Waals surface area (Å²) in [6.07, 6.45) is 2.31. The fraction of sp³-hybridized carbons (Fsp3) is 0.368. The van der Waals surface area contributed by atoms with Crippen molar-refractivity contribution in [2.75, 3.05) is 11.9 Å². The van der Waals surface area contributed by atoms with E-state index in [4.69, 9.17) is 0 Å². The van der Waals surface area contributed by atoms with Gasteiger partial charge in [0.1, 0.15) is 0 Å². The van der Waals surface area contributed by atoms with E-state index >= 15 is 0 Å². The molecule has 142 valence electrons. The van der Waals surface area contributed by atoms with Gasteiger partial charge >= 0.3 is 0 Å². The Hall–Kier alpha value is -0.890. The second-order valence-electron chi connectivity index (χ2n) is 6.28. The standard InChI is InChI=1S/C19H24Br2N2O2S/c1-3-12-19(4-2,14-22-16-8-6-5-7-9-16)23-26(24,25)18-13-15(20)10-11-17(18)21/h5-11,13,22-23H,3-4,12,14H2,1-2H3. The van der Waals surface area contributed by atoms with E-state index in [1.807, 2.05) is 37.3 Å². The smallest absolute Gasteiger partial charge is 0.242 e. The zero-order valence-corrected chi connectivity index (χ0v) is 18.9. The lowest BCUT2D eigenvalue weighted by Gasteiger charge is -2.34. The van der Waals surface area contributed by atoms with Crippen LogP contribution in [-0.2, 0) is 10.0 Å². The molecule has 2 rings (SSSR count). The van der Waals surface area contributed by atoms with Crippen LogP contribution in [0.25, 0.3) is 0 Å². The highest BCUT2D eigenvalue weighted by molar-refractivity contribution is 9.11. The van der Waals surface area contributed by atoms with Crippen LogP contribution in [0, 0.1) is 0 Å². The van der Waals surface area contributed by atoms with Gasteiger partial charge in [-0.2, -0.15) is 0 Å². The molecule has 1 atom stereocenters. The minimum atomic E-state index is -3.68. The van der Waals surface area contributed by atoms with E-state index in [9.17, 15) is 8.42 Å². The summed E-state index contributed by atoms with van der Waals surface area (Å²) in [5, 5.41) is 3.37. The van der Waals surface area contributed by atoms with Crippen LogP contribution >= 0.6 is 31.9 Å². The number of hydrogen-bond acceptors (Lipinski definition) is 3. The van der Waals surface area contributed by atoms with Crippen LogP contribution in [0.2, 0.25) is 0 Å². The van der Waals surface area contributed by atoms with E-state index < -0.39 is 15.6 Å². The Balaban J connectivity index is 2.29. The van der Waals surface area contributed by atoms with Crippen LogP contribution in [0.5, 0.6) is 0 Å². The van der Waals surface area contributed by atoms with Crippen LogP contribution in [0.3, 0.4) is 0 Å². The first kappa shape index (κ1) is 21.4. The maximum Gasteiger partial charge on any atom is 0.242 e. The van der Waals surface area contributed by atoms with Crippen molar-refractivity contribution in [1.29, 1.82) is 0 Å². The van der Waals surface area contributed by atoms with E-state index in [0.29, 0.717) is 17.4 Å². The summed E-state index contributed by atoms with van der Waals surface area (Å²) in [5.41, 5.74) is 0.412. The van der Waals surface area contributed by atoms with Crippen LogP contribution in [0.15, 0.2) is 62.4 Å². The molecule has 2 aromatic carbocycles. The maximum atomic E-state index is 13.1. The summed E-state index contributed by atoms with van der Waals surface area (Å²) in [6.45, 7) is 4.60. The second kappa shape index (κ2) is 9.35. The van der Waals surface area contributed by atoms with Crippen molar-refractivity contribution in [3.63, 3.8) is 0 Å². The van der Waals surface area contributed by atoms with Crippen molar-refractivity contribution in [3.8, 4) is 0 Å². The molecule has 2 aromatic rings. The first-order valence-corrected chi connectivity index (χ1v) is 11.7. The Morgan fingerprint density at radius 3 is 2.35 bits per heavy atom. The van der Waals surface area contributed by atoms with Crippen molar-refractivity contribution in [2.24, 2.45) is 0 Å². The van der Waals surface area contributed by atoms with Crippen molar-refractivity contribution in [2.45, 2.75) is 43.5 Å². The Kier molecular flexibility index (Phi) is 7.70. The molecule has 0 heterocycles. The fourth-order valence-corrected chi connectivity index (χ4v) is 5.88. The highest BCUT2D eigenvalue weighted by Gasteiger charge is 2.33. The second-order valence-corrected chi connectivity index (χ2v) is 9.70. The number of halogens is 2. The summed E-state index contributed by atoms with van der Waals surface area (Å²) in [4.78, 5) is 0.237. The SMILES string of the molecule is CCCC(CC)(CNc1ccccc1)NS(=O)(=O)c1cc(Br)ccc1Br. The van der Waals surface area contributed by atoms with Crippen LogP contribution in [0.4, 0.5) is 5.69 Å². The summed E-state index contributed by atoms with van der Waals surface area (Å²) in [5.74, 6) is 0. The van der Waals surface area contributed by atoms with Gasteiger partial charge in [0.2, 0.25) is 10.0 Å². The predicted octanol–water partition coefficient (Wildman–Crippen LogP) is 5.55. The van der Waals surface area contributed by atoms with Gasteiger partial charge in [0.05, 0.1) is 10.4 Å². The van der Waals surface area contributed by atoms with E-state index in [1.54, 1.807) is 18.2 Å². The molecule has 2 N–H and O–H groups in total. The lowest BCUT2D eigenvalue weighted by atomic mass is 9.92. The molecule has 1 unspecified atom stereocenters. The van der Waals surface area contributed by atoms with Crippen molar-refractivity contribution >= 4 is 47.6 Å². The summed E-state index contributed by atoms with van der Waals surface area (Å²) in [7, 11) is -3.68. The van der Waals surface area contributed by atoms with Crippen LogP contribution < -0.4 is 10.0 Å². The maximum absolute atomic E-state index is 13.1. The molecular formula is C19H24Br2N2O2S. The highest BCUT2D eigenvalue weighted by atomic mass is 79.9. The van der Waals surface area contributed by atoms with Gasteiger partial charge in [-0.3, -0.25) is 0 Å². The van der Waals surface area contributed by atoms with E-state index in [0.717, 1.165) is 23.0 Å². The normalized spacial score (nSPS) is 14.0.